The van der Waals surface area contributed by atoms with Crippen LogP contribution >= 0.6 is 0 Å². The van der Waals surface area contributed by atoms with E-state index < -0.39 is 0 Å². The zero-order valence-corrected chi connectivity index (χ0v) is 11.2. The summed E-state index contributed by atoms with van der Waals surface area (Å²) >= 11 is 0. The SMILES string of the molecule is CC(O)CC(C)CNCC1CCC(C)CC1. The highest BCUT2D eigenvalue weighted by molar-refractivity contribution is 4.72. The van der Waals surface area contributed by atoms with E-state index in [2.05, 4.69) is 19.2 Å². The maximum atomic E-state index is 9.27. The number of aliphatic hydroxyl groups is 1. The lowest BCUT2D eigenvalue weighted by Gasteiger charge is -2.26. The van der Waals surface area contributed by atoms with Gasteiger partial charge in [0.25, 0.3) is 0 Å². The largest absolute Gasteiger partial charge is 0.393 e. The predicted molar refractivity (Wildman–Crippen MR) is 69.5 cm³/mol. The van der Waals surface area contributed by atoms with Crippen LogP contribution in [0.4, 0.5) is 0 Å². The minimum absolute atomic E-state index is 0.160. The van der Waals surface area contributed by atoms with Gasteiger partial charge in [-0.25, -0.2) is 0 Å². The van der Waals surface area contributed by atoms with Crippen LogP contribution in [0.3, 0.4) is 0 Å². The molecule has 1 aliphatic rings. The molecule has 1 saturated carbocycles. The second-order valence-electron chi connectivity index (χ2n) is 5.97. The zero-order chi connectivity index (χ0) is 12.0. The van der Waals surface area contributed by atoms with E-state index in [0.29, 0.717) is 5.92 Å². The Bertz CT molecular complexity index is 174. The van der Waals surface area contributed by atoms with Crippen molar-refractivity contribution in [1.29, 1.82) is 0 Å². The van der Waals surface area contributed by atoms with Crippen molar-refractivity contribution in [3.63, 3.8) is 0 Å². The summed E-state index contributed by atoms with van der Waals surface area (Å²) in [4.78, 5) is 0. The first-order valence-electron chi connectivity index (χ1n) is 6.96. The van der Waals surface area contributed by atoms with Gasteiger partial charge in [0.2, 0.25) is 0 Å². The van der Waals surface area contributed by atoms with Crippen LogP contribution in [-0.2, 0) is 0 Å². The van der Waals surface area contributed by atoms with Crippen molar-refractivity contribution >= 4 is 0 Å². The van der Waals surface area contributed by atoms with Gasteiger partial charge < -0.3 is 10.4 Å². The molecule has 0 spiro atoms. The minimum Gasteiger partial charge on any atom is -0.393 e. The van der Waals surface area contributed by atoms with Crippen LogP contribution in [0.1, 0.15) is 52.9 Å². The monoisotopic (exact) mass is 227 g/mol. The van der Waals surface area contributed by atoms with Crippen molar-refractivity contribution in [2.45, 2.75) is 59.0 Å². The summed E-state index contributed by atoms with van der Waals surface area (Å²) in [6.07, 6.45) is 6.38. The predicted octanol–water partition coefficient (Wildman–Crippen LogP) is 2.81. The third-order valence-electron chi connectivity index (χ3n) is 3.80. The zero-order valence-electron chi connectivity index (χ0n) is 11.2. The number of rotatable bonds is 6. The van der Waals surface area contributed by atoms with Gasteiger partial charge in [0.1, 0.15) is 0 Å². The van der Waals surface area contributed by atoms with Crippen LogP contribution in [0.15, 0.2) is 0 Å². The quantitative estimate of drug-likeness (QED) is 0.731. The summed E-state index contributed by atoms with van der Waals surface area (Å²) in [5.41, 5.74) is 0. The van der Waals surface area contributed by atoms with Crippen molar-refractivity contribution in [2.24, 2.45) is 17.8 Å². The third kappa shape index (κ3) is 5.86. The van der Waals surface area contributed by atoms with Crippen LogP contribution in [-0.4, -0.2) is 24.3 Å². The number of nitrogens with one attached hydrogen (secondary N) is 1. The van der Waals surface area contributed by atoms with Gasteiger partial charge in [0.05, 0.1) is 6.10 Å². The number of aliphatic hydroxyl groups excluding tert-OH is 1. The minimum atomic E-state index is -0.160. The fourth-order valence-electron chi connectivity index (χ4n) is 2.73. The molecule has 0 radical (unpaired) electrons. The van der Waals surface area contributed by atoms with Crippen LogP contribution in [0.5, 0.6) is 0 Å². The average molecular weight is 227 g/mol. The van der Waals surface area contributed by atoms with Gasteiger partial charge in [-0.3, -0.25) is 0 Å². The number of hydrogen-bond donors (Lipinski definition) is 2. The summed E-state index contributed by atoms with van der Waals surface area (Å²) in [6, 6.07) is 0. The molecule has 0 aromatic rings. The van der Waals surface area contributed by atoms with E-state index in [-0.39, 0.29) is 6.10 Å². The molecule has 16 heavy (non-hydrogen) atoms. The molecule has 2 atom stereocenters. The van der Waals surface area contributed by atoms with Gasteiger partial charge in [0, 0.05) is 0 Å². The molecule has 0 aromatic heterocycles. The first-order valence-corrected chi connectivity index (χ1v) is 6.96. The Morgan fingerprint density at radius 3 is 2.38 bits per heavy atom. The molecule has 0 bridgehead atoms. The van der Waals surface area contributed by atoms with E-state index in [4.69, 9.17) is 0 Å². The second kappa shape index (κ2) is 7.29. The average Bonchev–Trinajstić information content (AvgIpc) is 2.20. The molecular formula is C14H29NO. The van der Waals surface area contributed by atoms with Gasteiger partial charge in [-0.05, 0) is 57.0 Å². The van der Waals surface area contributed by atoms with Crippen LogP contribution < -0.4 is 5.32 Å². The molecule has 2 unspecified atom stereocenters. The highest BCUT2D eigenvalue weighted by Gasteiger charge is 2.17. The fraction of sp³-hybridized carbons (Fsp3) is 1.00. The van der Waals surface area contributed by atoms with E-state index >= 15 is 0 Å². The van der Waals surface area contributed by atoms with Gasteiger partial charge in [-0.1, -0.05) is 26.7 Å². The lowest BCUT2D eigenvalue weighted by Crippen LogP contribution is -2.30. The first-order chi connectivity index (χ1) is 7.58. The molecular weight excluding hydrogens is 198 g/mol. The normalized spacial score (nSPS) is 30.0. The first kappa shape index (κ1) is 14.0. The molecule has 2 nitrogen and oxygen atoms in total. The Morgan fingerprint density at radius 2 is 1.81 bits per heavy atom. The van der Waals surface area contributed by atoms with Gasteiger partial charge in [-0.2, -0.15) is 0 Å². The fourth-order valence-corrected chi connectivity index (χ4v) is 2.73. The molecule has 1 rings (SSSR count). The standard InChI is InChI=1S/C14H29NO/c1-11-4-6-14(7-5-11)10-15-9-12(2)8-13(3)16/h11-16H,4-10H2,1-3H3. The maximum Gasteiger partial charge on any atom is 0.0515 e. The van der Waals surface area contributed by atoms with E-state index in [1.54, 1.807) is 0 Å². The molecule has 2 heteroatoms. The van der Waals surface area contributed by atoms with E-state index in [1.165, 1.54) is 32.2 Å². The summed E-state index contributed by atoms with van der Waals surface area (Å²) in [5, 5.41) is 12.8. The maximum absolute atomic E-state index is 9.27. The van der Waals surface area contributed by atoms with E-state index in [1.807, 2.05) is 6.92 Å². The summed E-state index contributed by atoms with van der Waals surface area (Å²) in [7, 11) is 0. The van der Waals surface area contributed by atoms with Crippen LogP contribution in [0, 0.1) is 17.8 Å². The molecule has 1 fully saturated rings. The van der Waals surface area contributed by atoms with Crippen molar-refractivity contribution < 1.29 is 5.11 Å². The smallest absolute Gasteiger partial charge is 0.0515 e. The molecule has 2 N–H and O–H groups in total. The molecule has 0 aromatic carbocycles. The van der Waals surface area contributed by atoms with Crippen LogP contribution in [0.25, 0.3) is 0 Å². The Morgan fingerprint density at radius 1 is 1.19 bits per heavy atom. The summed E-state index contributed by atoms with van der Waals surface area (Å²) in [6.45, 7) is 8.68. The van der Waals surface area contributed by atoms with Gasteiger partial charge >= 0.3 is 0 Å². The van der Waals surface area contributed by atoms with E-state index in [9.17, 15) is 5.11 Å². The molecule has 0 saturated heterocycles. The van der Waals surface area contributed by atoms with Crippen molar-refractivity contribution in [3.05, 3.63) is 0 Å². The topological polar surface area (TPSA) is 32.3 Å². The summed E-state index contributed by atoms with van der Waals surface area (Å²) in [5.74, 6) is 2.43. The highest BCUT2D eigenvalue weighted by Crippen LogP contribution is 2.27. The third-order valence-corrected chi connectivity index (χ3v) is 3.80. The van der Waals surface area contributed by atoms with Gasteiger partial charge in [-0.15, -0.1) is 0 Å². The second-order valence-corrected chi connectivity index (χ2v) is 5.97. The Labute approximate surface area is 101 Å². The summed E-state index contributed by atoms with van der Waals surface area (Å²) < 4.78 is 0. The molecule has 0 amide bonds. The highest BCUT2D eigenvalue weighted by atomic mass is 16.3. The van der Waals surface area contributed by atoms with Crippen molar-refractivity contribution in [1.82, 2.24) is 5.32 Å². The van der Waals surface area contributed by atoms with Crippen molar-refractivity contribution in [2.75, 3.05) is 13.1 Å². The molecule has 1 aliphatic carbocycles. The number of hydrogen-bond acceptors (Lipinski definition) is 2. The Hall–Kier alpha value is -0.0800. The van der Waals surface area contributed by atoms with Crippen molar-refractivity contribution in [3.8, 4) is 0 Å². The molecule has 96 valence electrons. The van der Waals surface area contributed by atoms with E-state index in [0.717, 1.165) is 24.8 Å². The Kier molecular flexibility index (Phi) is 6.37. The molecule has 0 aliphatic heterocycles. The molecule has 0 heterocycles. The Balaban J connectivity index is 2.02. The van der Waals surface area contributed by atoms with Gasteiger partial charge in [0.15, 0.2) is 0 Å². The van der Waals surface area contributed by atoms with Crippen LogP contribution in [0.2, 0.25) is 0 Å². The lowest BCUT2D eigenvalue weighted by atomic mass is 9.83. The lowest BCUT2D eigenvalue weighted by molar-refractivity contribution is 0.162.